The van der Waals surface area contributed by atoms with Gasteiger partial charge in [0.25, 0.3) is 0 Å². The lowest BCUT2D eigenvalue weighted by atomic mass is 9.81. The largest absolute Gasteiger partial charge is 0.466 e. The van der Waals surface area contributed by atoms with Gasteiger partial charge in [-0.05, 0) is 36.2 Å². The molecular formula is C26H26N4O5. The quantitative estimate of drug-likeness (QED) is 0.584. The summed E-state index contributed by atoms with van der Waals surface area (Å²) in [6, 6.07) is 17.4. The molecule has 1 aliphatic heterocycles. The maximum Gasteiger partial charge on any atom is 0.355 e. The smallest absolute Gasteiger partial charge is 0.355 e. The van der Waals surface area contributed by atoms with Gasteiger partial charge in [-0.15, -0.1) is 0 Å². The summed E-state index contributed by atoms with van der Waals surface area (Å²) in [4.78, 5) is 39.3. The van der Waals surface area contributed by atoms with E-state index in [1.807, 2.05) is 6.92 Å². The Kier molecular flexibility index (Phi) is 7.89. The third kappa shape index (κ3) is 5.01. The average Bonchev–Trinajstić information content (AvgIpc) is 2.88. The summed E-state index contributed by atoms with van der Waals surface area (Å²) >= 11 is 0. The molecule has 1 aliphatic rings. The maximum atomic E-state index is 13.0. The number of nitrogens with two attached hydrogens (primary N) is 1. The van der Waals surface area contributed by atoms with Gasteiger partial charge in [0.1, 0.15) is 11.5 Å². The fourth-order valence-corrected chi connectivity index (χ4v) is 3.93. The van der Waals surface area contributed by atoms with Crippen molar-refractivity contribution in [2.75, 3.05) is 24.4 Å². The summed E-state index contributed by atoms with van der Waals surface area (Å²) in [5, 5.41) is 12.8. The molecule has 3 N–H and O–H groups in total. The van der Waals surface area contributed by atoms with Crippen LogP contribution < -0.4 is 16.0 Å². The third-order valence-corrected chi connectivity index (χ3v) is 5.50. The maximum absolute atomic E-state index is 13.0. The molecule has 0 saturated carbocycles. The SMILES string of the molecule is CCCC(=O)Nc1ccc(N2C(N)=C(C#N)C(c3ccccc3)C(C(=O)OC)=C2C(=O)OC)cc1. The standard InChI is InChI=1S/C26H26N4O5/c1-4-8-20(31)29-17-11-13-18(14-12-17)30-23(26(33)35-3)22(25(32)34-2)21(19(15-27)24(30)28)16-9-6-5-7-10-16/h5-7,9-14,21H,4,8,28H2,1-3H3,(H,29,31). The van der Waals surface area contributed by atoms with Crippen LogP contribution in [0, 0.1) is 11.3 Å². The Hall–Kier alpha value is -4.58. The number of nitriles is 1. The molecule has 0 aromatic heterocycles. The first-order chi connectivity index (χ1) is 16.9. The van der Waals surface area contributed by atoms with Gasteiger partial charge in [-0.1, -0.05) is 37.3 Å². The Balaban J connectivity index is 2.22. The molecule has 0 aliphatic carbocycles. The molecular weight excluding hydrogens is 448 g/mol. The topological polar surface area (TPSA) is 135 Å². The Bertz CT molecular complexity index is 1230. The summed E-state index contributed by atoms with van der Waals surface area (Å²) < 4.78 is 10.0. The zero-order valence-electron chi connectivity index (χ0n) is 19.7. The number of hydrogen-bond acceptors (Lipinski definition) is 8. The first-order valence-corrected chi connectivity index (χ1v) is 10.9. The van der Waals surface area contributed by atoms with E-state index in [4.69, 9.17) is 15.2 Å². The van der Waals surface area contributed by atoms with E-state index in [0.717, 1.165) is 0 Å². The Morgan fingerprint density at radius 2 is 1.66 bits per heavy atom. The number of amides is 1. The van der Waals surface area contributed by atoms with Crippen LogP contribution in [-0.4, -0.2) is 32.1 Å². The highest BCUT2D eigenvalue weighted by Crippen LogP contribution is 2.43. The Morgan fingerprint density at radius 3 is 2.20 bits per heavy atom. The molecule has 9 heteroatoms. The molecule has 3 rings (SSSR count). The molecule has 0 radical (unpaired) electrons. The second kappa shape index (κ2) is 11.0. The van der Waals surface area contributed by atoms with E-state index in [0.29, 0.717) is 29.8 Å². The van der Waals surface area contributed by atoms with Crippen molar-refractivity contribution < 1.29 is 23.9 Å². The fourth-order valence-electron chi connectivity index (χ4n) is 3.93. The van der Waals surface area contributed by atoms with Gasteiger partial charge in [-0.3, -0.25) is 9.69 Å². The van der Waals surface area contributed by atoms with E-state index in [2.05, 4.69) is 11.4 Å². The van der Waals surface area contributed by atoms with E-state index in [9.17, 15) is 19.6 Å². The Morgan fingerprint density at radius 1 is 1.03 bits per heavy atom. The number of carbonyl (C=O) groups is 3. The van der Waals surface area contributed by atoms with Crippen molar-refractivity contribution in [2.45, 2.75) is 25.7 Å². The summed E-state index contributed by atoms with van der Waals surface area (Å²) in [6.07, 6.45) is 1.09. The number of benzene rings is 2. The zero-order chi connectivity index (χ0) is 25.5. The monoisotopic (exact) mass is 474 g/mol. The van der Waals surface area contributed by atoms with Crippen LogP contribution in [0.25, 0.3) is 0 Å². The van der Waals surface area contributed by atoms with Crippen molar-refractivity contribution in [3.8, 4) is 6.07 Å². The van der Waals surface area contributed by atoms with Gasteiger partial charge < -0.3 is 20.5 Å². The molecule has 0 saturated heterocycles. The summed E-state index contributed by atoms with van der Waals surface area (Å²) in [6.45, 7) is 1.91. The molecule has 1 unspecified atom stereocenters. The lowest BCUT2D eigenvalue weighted by Crippen LogP contribution is -2.40. The van der Waals surface area contributed by atoms with Gasteiger partial charge in [0.15, 0.2) is 0 Å². The fraction of sp³-hybridized carbons (Fsp3) is 0.231. The molecule has 0 spiro atoms. The van der Waals surface area contributed by atoms with Crippen LogP contribution in [0.1, 0.15) is 31.2 Å². The van der Waals surface area contributed by atoms with E-state index < -0.39 is 17.9 Å². The highest BCUT2D eigenvalue weighted by molar-refractivity contribution is 6.06. The molecule has 180 valence electrons. The number of hydrogen-bond donors (Lipinski definition) is 2. The number of carbonyl (C=O) groups excluding carboxylic acids is 3. The molecule has 1 heterocycles. The van der Waals surface area contributed by atoms with Gasteiger partial charge in [0.2, 0.25) is 5.91 Å². The van der Waals surface area contributed by atoms with Crippen molar-refractivity contribution in [1.82, 2.24) is 0 Å². The summed E-state index contributed by atoms with van der Waals surface area (Å²) in [7, 11) is 2.38. The van der Waals surface area contributed by atoms with Crippen molar-refractivity contribution in [1.29, 1.82) is 5.26 Å². The molecule has 9 nitrogen and oxygen atoms in total. The first-order valence-electron chi connectivity index (χ1n) is 10.9. The zero-order valence-corrected chi connectivity index (χ0v) is 19.7. The summed E-state index contributed by atoms with van der Waals surface area (Å²) in [5.41, 5.74) is 7.82. The van der Waals surface area contributed by atoms with Gasteiger partial charge in [-0.2, -0.15) is 5.26 Å². The van der Waals surface area contributed by atoms with E-state index in [1.54, 1.807) is 54.6 Å². The number of methoxy groups -OCH3 is 2. The van der Waals surface area contributed by atoms with Crippen LogP contribution in [0.15, 0.2) is 77.3 Å². The number of nitrogens with zero attached hydrogens (tertiary/aromatic N) is 2. The lowest BCUT2D eigenvalue weighted by molar-refractivity contribution is -0.139. The second-order valence-corrected chi connectivity index (χ2v) is 7.68. The van der Waals surface area contributed by atoms with Crippen LogP contribution in [0.4, 0.5) is 11.4 Å². The van der Waals surface area contributed by atoms with Gasteiger partial charge in [-0.25, -0.2) is 9.59 Å². The number of nitrogens with one attached hydrogen (secondary N) is 1. The Labute approximate surface area is 203 Å². The minimum Gasteiger partial charge on any atom is -0.466 e. The number of allylic oxidation sites excluding steroid dienone is 1. The number of anilines is 2. The number of ether oxygens (including phenoxy) is 2. The predicted octanol–water partition coefficient (Wildman–Crippen LogP) is 3.32. The first kappa shape index (κ1) is 25.1. The third-order valence-electron chi connectivity index (χ3n) is 5.50. The molecule has 2 aromatic carbocycles. The molecule has 35 heavy (non-hydrogen) atoms. The highest BCUT2D eigenvalue weighted by atomic mass is 16.5. The highest BCUT2D eigenvalue weighted by Gasteiger charge is 2.42. The number of esters is 2. The molecule has 1 atom stereocenters. The second-order valence-electron chi connectivity index (χ2n) is 7.68. The van der Waals surface area contributed by atoms with Crippen LogP contribution >= 0.6 is 0 Å². The van der Waals surface area contributed by atoms with Gasteiger partial charge >= 0.3 is 11.9 Å². The van der Waals surface area contributed by atoms with Crippen molar-refractivity contribution in [2.24, 2.45) is 5.73 Å². The van der Waals surface area contributed by atoms with Gasteiger partial charge in [0, 0.05) is 17.8 Å². The summed E-state index contributed by atoms with van der Waals surface area (Å²) in [5.74, 6) is -2.72. The predicted molar refractivity (Wildman–Crippen MR) is 130 cm³/mol. The van der Waals surface area contributed by atoms with Crippen molar-refractivity contribution in [3.63, 3.8) is 0 Å². The van der Waals surface area contributed by atoms with Crippen LogP contribution in [0.2, 0.25) is 0 Å². The van der Waals surface area contributed by atoms with Gasteiger partial charge in [0.05, 0.1) is 37.4 Å². The van der Waals surface area contributed by atoms with E-state index in [-0.39, 0.29) is 28.6 Å². The van der Waals surface area contributed by atoms with E-state index in [1.165, 1.54) is 19.1 Å². The van der Waals surface area contributed by atoms with E-state index >= 15 is 0 Å². The molecule has 0 bridgehead atoms. The van der Waals surface area contributed by atoms with Crippen molar-refractivity contribution >= 4 is 29.2 Å². The molecule has 0 fully saturated rings. The normalized spacial score (nSPS) is 15.4. The minimum atomic E-state index is -0.938. The van der Waals surface area contributed by atoms with Crippen LogP contribution in [0.5, 0.6) is 0 Å². The van der Waals surface area contributed by atoms with Crippen LogP contribution in [-0.2, 0) is 23.9 Å². The lowest BCUT2D eigenvalue weighted by Gasteiger charge is -2.35. The van der Waals surface area contributed by atoms with Crippen molar-refractivity contribution in [3.05, 3.63) is 82.8 Å². The number of rotatable bonds is 7. The minimum absolute atomic E-state index is 0.0304. The molecule has 2 aromatic rings. The average molecular weight is 475 g/mol. The molecule has 1 amide bonds. The van der Waals surface area contributed by atoms with Crippen LogP contribution in [0.3, 0.4) is 0 Å².